The van der Waals surface area contributed by atoms with E-state index in [9.17, 15) is 4.79 Å². The normalized spacial score (nSPS) is 14.4. The van der Waals surface area contributed by atoms with Crippen LogP contribution in [0.2, 0.25) is 0 Å². The maximum atomic E-state index is 11.3. The summed E-state index contributed by atoms with van der Waals surface area (Å²) >= 11 is 0. The maximum absolute atomic E-state index is 11.3. The van der Waals surface area contributed by atoms with Gasteiger partial charge in [0, 0.05) is 17.1 Å². The van der Waals surface area contributed by atoms with Crippen molar-refractivity contribution < 1.29 is 4.79 Å². The number of carbonyl (C=O) groups excluding carboxylic acids is 1. The van der Waals surface area contributed by atoms with Crippen LogP contribution in [0.15, 0.2) is 24.4 Å². The Balaban J connectivity index is 0.000000253. The fraction of sp³-hybridized carbons (Fsp3) is 0.353. The van der Waals surface area contributed by atoms with Crippen molar-refractivity contribution in [1.82, 2.24) is 25.4 Å². The van der Waals surface area contributed by atoms with Crippen molar-refractivity contribution in [2.45, 2.75) is 38.1 Å². The van der Waals surface area contributed by atoms with E-state index in [4.69, 9.17) is 17.2 Å². The summed E-state index contributed by atoms with van der Waals surface area (Å²) in [7, 11) is 0. The van der Waals surface area contributed by atoms with E-state index in [-0.39, 0.29) is 17.5 Å². The Kier molecular flexibility index (Phi) is 5.77. The van der Waals surface area contributed by atoms with Crippen molar-refractivity contribution in [2.75, 3.05) is 11.1 Å². The zero-order valence-electron chi connectivity index (χ0n) is 14.9. The molecule has 2 aromatic heterocycles. The van der Waals surface area contributed by atoms with Crippen molar-refractivity contribution in [2.24, 2.45) is 11.5 Å². The summed E-state index contributed by atoms with van der Waals surface area (Å²) in [6.07, 6.45) is 8.37. The number of nitrogen functional groups attached to an aromatic ring is 1. The first kappa shape index (κ1) is 18.5. The highest BCUT2D eigenvalue weighted by Crippen LogP contribution is 2.21. The Labute approximate surface area is 155 Å². The second-order valence-corrected chi connectivity index (χ2v) is 6.43. The van der Waals surface area contributed by atoms with Crippen molar-refractivity contribution >= 4 is 34.3 Å². The van der Waals surface area contributed by atoms with E-state index in [0.717, 1.165) is 10.9 Å². The number of fused-ring (bicyclic) bond motifs is 1. The number of nitrogens with zero attached hydrogens (tertiary/aromatic N) is 4. The molecule has 1 saturated carbocycles. The summed E-state index contributed by atoms with van der Waals surface area (Å²) in [5, 5.41) is 17.8. The predicted molar refractivity (Wildman–Crippen MR) is 103 cm³/mol. The monoisotopic (exact) mass is 369 g/mol. The number of rotatable bonds is 3. The van der Waals surface area contributed by atoms with Crippen LogP contribution in [0.4, 0.5) is 17.5 Å². The van der Waals surface area contributed by atoms with Gasteiger partial charge in [0.25, 0.3) is 5.91 Å². The summed E-state index contributed by atoms with van der Waals surface area (Å²) in [4.78, 5) is 15.2. The van der Waals surface area contributed by atoms with Crippen molar-refractivity contribution in [3.05, 3.63) is 30.1 Å². The molecule has 0 spiro atoms. The predicted octanol–water partition coefficient (Wildman–Crippen LogP) is 1.45. The van der Waals surface area contributed by atoms with Crippen LogP contribution in [-0.2, 0) is 0 Å². The summed E-state index contributed by atoms with van der Waals surface area (Å²) in [6.45, 7) is 0. The van der Waals surface area contributed by atoms with Gasteiger partial charge in [-0.05, 0) is 31.0 Å². The number of benzene rings is 1. The molecular formula is C17H23N9O. The summed E-state index contributed by atoms with van der Waals surface area (Å²) in [5.74, 6) is -0.640. The van der Waals surface area contributed by atoms with Gasteiger partial charge in [-0.25, -0.2) is 0 Å². The van der Waals surface area contributed by atoms with E-state index in [2.05, 4.69) is 30.7 Å². The minimum Gasteiger partial charge on any atom is -0.366 e. The molecule has 1 fully saturated rings. The number of H-pyrrole nitrogens is 1. The van der Waals surface area contributed by atoms with E-state index in [0.29, 0.717) is 11.7 Å². The number of anilines is 3. The number of carbonyl (C=O) groups is 1. The summed E-state index contributed by atoms with van der Waals surface area (Å²) < 4.78 is 0. The van der Waals surface area contributed by atoms with E-state index >= 15 is 0 Å². The third-order valence-electron chi connectivity index (χ3n) is 4.29. The molecule has 8 N–H and O–H groups in total. The molecule has 4 rings (SSSR count). The standard InChI is InChI=1S/C11H10N8O.C6H13N/c12-9(20)8-10(16-11(13)19-18-8)15-6-2-1-5-4-14-17-7(5)3-6;7-6-4-2-1-3-5-6/h1-4H,(H2,12,20)(H,14,17)(H3,13,15,16,19);6H,1-5,7H2. The Morgan fingerprint density at radius 2 is 1.96 bits per heavy atom. The molecule has 1 aliphatic rings. The highest BCUT2D eigenvalue weighted by atomic mass is 16.1. The molecule has 0 bridgehead atoms. The fourth-order valence-electron chi connectivity index (χ4n) is 2.88. The van der Waals surface area contributed by atoms with Gasteiger partial charge in [0.1, 0.15) is 0 Å². The smallest absolute Gasteiger partial charge is 0.273 e. The van der Waals surface area contributed by atoms with Gasteiger partial charge in [-0.1, -0.05) is 19.3 Å². The third kappa shape index (κ3) is 4.88. The molecule has 0 atom stereocenters. The quantitative estimate of drug-likeness (QED) is 0.461. The minimum atomic E-state index is -0.741. The molecule has 142 valence electrons. The maximum Gasteiger partial charge on any atom is 0.273 e. The van der Waals surface area contributed by atoms with E-state index in [1.54, 1.807) is 12.3 Å². The van der Waals surface area contributed by atoms with Crippen LogP contribution in [-0.4, -0.2) is 37.3 Å². The van der Waals surface area contributed by atoms with Crippen LogP contribution in [0.5, 0.6) is 0 Å². The molecule has 10 heteroatoms. The van der Waals surface area contributed by atoms with E-state index in [1.165, 1.54) is 32.1 Å². The fourth-order valence-corrected chi connectivity index (χ4v) is 2.88. The van der Waals surface area contributed by atoms with Crippen LogP contribution >= 0.6 is 0 Å². The number of nitrogens with two attached hydrogens (primary N) is 3. The van der Waals surface area contributed by atoms with Crippen molar-refractivity contribution in [3.63, 3.8) is 0 Å². The number of hydrogen-bond donors (Lipinski definition) is 5. The molecule has 1 aromatic carbocycles. The largest absolute Gasteiger partial charge is 0.366 e. The number of aromatic nitrogens is 5. The number of nitrogens with one attached hydrogen (secondary N) is 2. The number of primary amides is 1. The van der Waals surface area contributed by atoms with E-state index < -0.39 is 5.91 Å². The number of amides is 1. The zero-order chi connectivity index (χ0) is 19.2. The molecule has 27 heavy (non-hydrogen) atoms. The first-order chi connectivity index (χ1) is 13.0. The molecule has 1 aliphatic carbocycles. The van der Waals surface area contributed by atoms with Crippen LogP contribution in [0, 0.1) is 0 Å². The highest BCUT2D eigenvalue weighted by molar-refractivity contribution is 5.96. The van der Waals surface area contributed by atoms with Gasteiger partial charge in [-0.3, -0.25) is 9.89 Å². The molecule has 0 unspecified atom stereocenters. The molecule has 1 amide bonds. The Morgan fingerprint density at radius 1 is 1.19 bits per heavy atom. The van der Waals surface area contributed by atoms with Gasteiger partial charge in [-0.15, -0.1) is 10.2 Å². The van der Waals surface area contributed by atoms with E-state index in [1.807, 2.05) is 12.1 Å². The first-order valence-electron chi connectivity index (χ1n) is 8.78. The molecule has 3 aromatic rings. The van der Waals surface area contributed by atoms with Gasteiger partial charge < -0.3 is 22.5 Å². The highest BCUT2D eigenvalue weighted by Gasteiger charge is 2.14. The van der Waals surface area contributed by atoms with Crippen LogP contribution in [0.25, 0.3) is 10.9 Å². The summed E-state index contributed by atoms with van der Waals surface area (Å²) in [5.41, 5.74) is 17.8. The molecule has 2 heterocycles. The lowest BCUT2D eigenvalue weighted by Gasteiger charge is -2.15. The number of hydrogen-bond acceptors (Lipinski definition) is 8. The first-order valence-corrected chi connectivity index (χ1v) is 8.78. The van der Waals surface area contributed by atoms with Crippen LogP contribution in [0.3, 0.4) is 0 Å². The average Bonchev–Trinajstić information content (AvgIpc) is 3.10. The molecular weight excluding hydrogens is 346 g/mol. The lowest BCUT2D eigenvalue weighted by Crippen LogP contribution is -2.22. The molecule has 0 saturated heterocycles. The molecule has 0 radical (unpaired) electrons. The summed E-state index contributed by atoms with van der Waals surface area (Å²) in [6, 6.07) is 6.02. The third-order valence-corrected chi connectivity index (χ3v) is 4.29. The lowest BCUT2D eigenvalue weighted by atomic mass is 9.97. The second-order valence-electron chi connectivity index (χ2n) is 6.43. The topological polar surface area (TPSA) is 175 Å². The lowest BCUT2D eigenvalue weighted by molar-refractivity contribution is 0.0995. The molecule has 10 nitrogen and oxygen atoms in total. The van der Waals surface area contributed by atoms with Gasteiger partial charge in [0.15, 0.2) is 11.5 Å². The Bertz CT molecular complexity index is 918. The van der Waals surface area contributed by atoms with Crippen molar-refractivity contribution in [1.29, 1.82) is 0 Å². The van der Waals surface area contributed by atoms with Gasteiger partial charge in [0.05, 0.1) is 11.7 Å². The van der Waals surface area contributed by atoms with Crippen LogP contribution in [0.1, 0.15) is 42.6 Å². The van der Waals surface area contributed by atoms with Gasteiger partial charge in [-0.2, -0.15) is 10.1 Å². The van der Waals surface area contributed by atoms with Crippen molar-refractivity contribution in [3.8, 4) is 0 Å². The van der Waals surface area contributed by atoms with Crippen LogP contribution < -0.4 is 22.5 Å². The minimum absolute atomic E-state index is 0.0554. The SMILES string of the molecule is NC(=O)c1nnc(N)nc1Nc1ccc2cn[nH]c2c1.NC1CCCCC1. The Hall–Kier alpha value is -3.27. The molecule has 0 aliphatic heterocycles. The number of aromatic amines is 1. The van der Waals surface area contributed by atoms with Gasteiger partial charge in [0.2, 0.25) is 5.95 Å². The second kappa shape index (κ2) is 8.41. The average molecular weight is 369 g/mol. The zero-order valence-corrected chi connectivity index (χ0v) is 14.9. The Morgan fingerprint density at radius 3 is 2.63 bits per heavy atom. The van der Waals surface area contributed by atoms with Gasteiger partial charge >= 0.3 is 0 Å².